The fraction of sp³-hybridized carbons (Fsp3) is 1.00. The monoisotopic (exact) mass is 183 g/mol. The van der Waals surface area contributed by atoms with Crippen molar-refractivity contribution in [3.8, 4) is 0 Å². The highest BCUT2D eigenvalue weighted by Crippen LogP contribution is 2.44. The maximum absolute atomic E-state index is 9.09. The minimum absolute atomic E-state index is 0.296. The minimum Gasteiger partial charge on any atom is -0.395 e. The highest BCUT2D eigenvalue weighted by atomic mass is 16.3. The van der Waals surface area contributed by atoms with Gasteiger partial charge in [-0.2, -0.15) is 0 Å². The van der Waals surface area contributed by atoms with Crippen LogP contribution in [0.3, 0.4) is 0 Å². The number of hydrogen-bond acceptors (Lipinski definition) is 2. The summed E-state index contributed by atoms with van der Waals surface area (Å²) in [6, 6.07) is 1.06. The molecule has 0 aromatic carbocycles. The highest BCUT2D eigenvalue weighted by molar-refractivity contribution is 4.95. The minimum atomic E-state index is 0.296. The number of aliphatic hydroxyl groups is 1. The Hall–Kier alpha value is -0.0800. The van der Waals surface area contributed by atoms with Crippen molar-refractivity contribution in [1.29, 1.82) is 0 Å². The van der Waals surface area contributed by atoms with Gasteiger partial charge in [0, 0.05) is 12.1 Å². The third-order valence-corrected chi connectivity index (χ3v) is 3.90. The largest absolute Gasteiger partial charge is 0.395 e. The third-order valence-electron chi connectivity index (χ3n) is 3.90. The lowest BCUT2D eigenvalue weighted by atomic mass is 9.94. The Labute approximate surface area is 80.7 Å². The van der Waals surface area contributed by atoms with Crippen LogP contribution < -0.4 is 5.32 Å². The van der Waals surface area contributed by atoms with Crippen molar-refractivity contribution < 1.29 is 5.11 Å². The van der Waals surface area contributed by atoms with Crippen LogP contribution in [0.2, 0.25) is 0 Å². The second kappa shape index (κ2) is 3.97. The maximum Gasteiger partial charge on any atom is 0.0584 e. The number of rotatable bonds is 4. The van der Waals surface area contributed by atoms with Gasteiger partial charge in [-0.15, -0.1) is 0 Å². The molecule has 2 aliphatic rings. The Kier molecular flexibility index (Phi) is 2.89. The van der Waals surface area contributed by atoms with Crippen LogP contribution in [-0.4, -0.2) is 23.8 Å². The van der Waals surface area contributed by atoms with Gasteiger partial charge in [-0.1, -0.05) is 13.3 Å². The molecule has 2 bridgehead atoms. The molecule has 0 aromatic rings. The Morgan fingerprint density at radius 2 is 2.23 bits per heavy atom. The summed E-state index contributed by atoms with van der Waals surface area (Å²) < 4.78 is 0. The molecule has 2 saturated carbocycles. The van der Waals surface area contributed by atoms with E-state index < -0.39 is 0 Å². The zero-order valence-electron chi connectivity index (χ0n) is 8.50. The smallest absolute Gasteiger partial charge is 0.0584 e. The molecular weight excluding hydrogens is 162 g/mol. The van der Waals surface area contributed by atoms with E-state index in [4.69, 9.17) is 5.11 Å². The molecule has 2 N–H and O–H groups in total. The van der Waals surface area contributed by atoms with Crippen molar-refractivity contribution in [2.45, 2.75) is 51.1 Å². The van der Waals surface area contributed by atoms with Crippen molar-refractivity contribution in [1.82, 2.24) is 5.32 Å². The van der Waals surface area contributed by atoms with E-state index in [1.807, 2.05) is 0 Å². The SMILES string of the molecule is CC[C@H](CO)N[C@H]1C[C@@H]2CC[C@@H]1C2. The summed E-state index contributed by atoms with van der Waals surface area (Å²) in [6.07, 6.45) is 6.73. The number of hydrogen-bond donors (Lipinski definition) is 2. The van der Waals surface area contributed by atoms with Crippen LogP contribution in [0.15, 0.2) is 0 Å². The van der Waals surface area contributed by atoms with Crippen LogP contribution in [0.4, 0.5) is 0 Å². The predicted molar refractivity (Wildman–Crippen MR) is 53.5 cm³/mol. The Bertz CT molecular complexity index is 167. The summed E-state index contributed by atoms with van der Waals surface area (Å²) >= 11 is 0. The average Bonchev–Trinajstić information content (AvgIpc) is 2.75. The molecule has 0 aliphatic heterocycles. The summed E-state index contributed by atoms with van der Waals surface area (Å²) in [5.74, 6) is 1.92. The van der Waals surface area contributed by atoms with Crippen LogP contribution in [-0.2, 0) is 0 Å². The van der Waals surface area contributed by atoms with Crippen LogP contribution in [0.5, 0.6) is 0 Å². The molecule has 0 heterocycles. The predicted octanol–water partition coefficient (Wildman–Crippen LogP) is 1.54. The van der Waals surface area contributed by atoms with E-state index in [9.17, 15) is 0 Å². The van der Waals surface area contributed by atoms with Gasteiger partial charge in [0.15, 0.2) is 0 Å². The molecule has 2 rings (SSSR count). The quantitative estimate of drug-likeness (QED) is 0.693. The van der Waals surface area contributed by atoms with Crippen LogP contribution in [0.25, 0.3) is 0 Å². The van der Waals surface area contributed by atoms with E-state index in [1.54, 1.807) is 0 Å². The maximum atomic E-state index is 9.09. The zero-order valence-corrected chi connectivity index (χ0v) is 8.50. The summed E-state index contributed by atoms with van der Waals surface area (Å²) in [4.78, 5) is 0. The molecule has 0 spiro atoms. The normalized spacial score (nSPS) is 39.7. The van der Waals surface area contributed by atoms with E-state index >= 15 is 0 Å². The fourth-order valence-electron chi connectivity index (χ4n) is 3.05. The van der Waals surface area contributed by atoms with Gasteiger partial charge in [0.1, 0.15) is 0 Å². The Morgan fingerprint density at radius 3 is 2.69 bits per heavy atom. The first kappa shape index (κ1) is 9.47. The summed E-state index contributed by atoms with van der Waals surface area (Å²) in [7, 11) is 0. The lowest BCUT2D eigenvalue weighted by Crippen LogP contribution is -2.42. The highest BCUT2D eigenvalue weighted by Gasteiger charge is 2.39. The van der Waals surface area contributed by atoms with E-state index in [0.717, 1.165) is 24.3 Å². The molecule has 0 aromatic heterocycles. The van der Waals surface area contributed by atoms with Gasteiger partial charge < -0.3 is 10.4 Å². The number of nitrogens with one attached hydrogen (secondary N) is 1. The second-order valence-electron chi connectivity index (χ2n) is 4.74. The molecule has 2 aliphatic carbocycles. The van der Waals surface area contributed by atoms with Gasteiger partial charge in [0.25, 0.3) is 0 Å². The fourth-order valence-corrected chi connectivity index (χ4v) is 3.05. The first-order chi connectivity index (χ1) is 6.33. The standard InChI is InChI=1S/C11H21NO/c1-2-10(7-13)12-11-6-8-3-4-9(11)5-8/h8-13H,2-7H2,1H3/t8-,9-,10-,11+/m1/s1. The molecule has 0 saturated heterocycles. The van der Waals surface area contributed by atoms with Gasteiger partial charge in [-0.3, -0.25) is 0 Å². The van der Waals surface area contributed by atoms with Crippen LogP contribution >= 0.6 is 0 Å². The molecule has 13 heavy (non-hydrogen) atoms. The third kappa shape index (κ3) is 1.89. The van der Waals surface area contributed by atoms with Crippen molar-refractivity contribution in [3.63, 3.8) is 0 Å². The van der Waals surface area contributed by atoms with Crippen molar-refractivity contribution in [3.05, 3.63) is 0 Å². The van der Waals surface area contributed by atoms with Crippen LogP contribution in [0, 0.1) is 11.8 Å². The summed E-state index contributed by atoms with van der Waals surface area (Å²) in [5.41, 5.74) is 0. The van der Waals surface area contributed by atoms with Gasteiger partial charge in [0.05, 0.1) is 6.61 Å². The van der Waals surface area contributed by atoms with E-state index in [2.05, 4.69) is 12.2 Å². The molecular formula is C11H21NO. The first-order valence-corrected chi connectivity index (χ1v) is 5.70. The lowest BCUT2D eigenvalue weighted by molar-refractivity contribution is 0.210. The molecule has 2 heteroatoms. The number of aliphatic hydroxyl groups excluding tert-OH is 1. The first-order valence-electron chi connectivity index (χ1n) is 5.70. The molecule has 2 nitrogen and oxygen atoms in total. The molecule has 0 amide bonds. The molecule has 0 unspecified atom stereocenters. The Balaban J connectivity index is 1.82. The number of fused-ring (bicyclic) bond motifs is 2. The summed E-state index contributed by atoms with van der Waals surface area (Å²) in [5, 5.41) is 12.7. The van der Waals surface area contributed by atoms with Gasteiger partial charge in [-0.25, -0.2) is 0 Å². The zero-order chi connectivity index (χ0) is 9.26. The van der Waals surface area contributed by atoms with Crippen molar-refractivity contribution in [2.24, 2.45) is 11.8 Å². The van der Waals surface area contributed by atoms with E-state index in [1.165, 1.54) is 25.7 Å². The van der Waals surface area contributed by atoms with Gasteiger partial charge >= 0.3 is 0 Å². The summed E-state index contributed by atoms with van der Waals surface area (Å²) in [6.45, 7) is 2.44. The van der Waals surface area contributed by atoms with Gasteiger partial charge in [-0.05, 0) is 37.5 Å². The van der Waals surface area contributed by atoms with E-state index in [-0.39, 0.29) is 0 Å². The molecule has 76 valence electrons. The van der Waals surface area contributed by atoms with Crippen molar-refractivity contribution >= 4 is 0 Å². The van der Waals surface area contributed by atoms with Crippen molar-refractivity contribution in [2.75, 3.05) is 6.61 Å². The average molecular weight is 183 g/mol. The van der Waals surface area contributed by atoms with E-state index in [0.29, 0.717) is 12.6 Å². The molecule has 4 atom stereocenters. The molecule has 0 radical (unpaired) electrons. The lowest BCUT2D eigenvalue weighted by Gasteiger charge is -2.27. The van der Waals surface area contributed by atoms with Gasteiger partial charge in [0.2, 0.25) is 0 Å². The second-order valence-corrected chi connectivity index (χ2v) is 4.74. The topological polar surface area (TPSA) is 32.3 Å². The molecule has 2 fully saturated rings. The Morgan fingerprint density at radius 1 is 1.38 bits per heavy atom. The van der Waals surface area contributed by atoms with Crippen LogP contribution in [0.1, 0.15) is 39.0 Å².